The molecule has 16 heavy (non-hydrogen) atoms. The Hall–Kier alpha value is -1.48. The van der Waals surface area contributed by atoms with Crippen molar-refractivity contribution >= 4 is 16.1 Å². The molecule has 0 aliphatic heterocycles. The Morgan fingerprint density at radius 3 is 2.44 bits per heavy atom. The first-order valence-corrected chi connectivity index (χ1v) is 5.40. The van der Waals surface area contributed by atoms with Gasteiger partial charge in [-0.15, -0.1) is 0 Å². The van der Waals surface area contributed by atoms with E-state index in [1.165, 1.54) is 6.07 Å². The fourth-order valence-electron chi connectivity index (χ4n) is 1.12. The average Bonchev–Trinajstić information content (AvgIpc) is 2.16. The number of benzene rings is 1. The Labute approximate surface area is 90.6 Å². The highest BCUT2D eigenvalue weighted by Crippen LogP contribution is 2.18. The van der Waals surface area contributed by atoms with Crippen LogP contribution in [-0.4, -0.2) is 29.3 Å². The minimum Gasteiger partial charge on any atom is -0.478 e. The number of hydrogen-bond acceptors (Lipinski definition) is 5. The standard InChI is InChI=1S/C8H8O7S/c9-8(10)6-2-1-5(4-15-11)3-7(6)16(12,13)14/h1-3,11H,4H2,(H,9,10)(H,12,13,14). The Balaban J connectivity index is 3.39. The molecular weight excluding hydrogens is 240 g/mol. The van der Waals surface area contributed by atoms with Gasteiger partial charge in [-0.05, 0) is 17.7 Å². The molecule has 0 radical (unpaired) electrons. The largest absolute Gasteiger partial charge is 0.478 e. The lowest BCUT2D eigenvalue weighted by Gasteiger charge is -2.05. The summed E-state index contributed by atoms with van der Waals surface area (Å²) in [5.41, 5.74) is -0.343. The van der Waals surface area contributed by atoms with Gasteiger partial charge in [-0.1, -0.05) is 6.07 Å². The van der Waals surface area contributed by atoms with Gasteiger partial charge in [-0.25, -0.2) is 9.68 Å². The third-order valence-corrected chi connectivity index (χ3v) is 2.68. The Morgan fingerprint density at radius 1 is 1.38 bits per heavy atom. The summed E-state index contributed by atoms with van der Waals surface area (Å²) in [5, 5.41) is 16.9. The van der Waals surface area contributed by atoms with Gasteiger partial charge in [0, 0.05) is 0 Å². The van der Waals surface area contributed by atoms with Gasteiger partial charge in [-0.2, -0.15) is 8.42 Å². The molecule has 7 nitrogen and oxygen atoms in total. The van der Waals surface area contributed by atoms with E-state index in [4.69, 9.17) is 14.9 Å². The van der Waals surface area contributed by atoms with Crippen LogP contribution in [0.5, 0.6) is 0 Å². The molecule has 0 fully saturated rings. The van der Waals surface area contributed by atoms with Crippen molar-refractivity contribution in [2.75, 3.05) is 0 Å². The first-order chi connectivity index (χ1) is 7.36. The number of rotatable bonds is 4. The van der Waals surface area contributed by atoms with Crippen LogP contribution in [0.15, 0.2) is 23.1 Å². The zero-order valence-corrected chi connectivity index (χ0v) is 8.64. The predicted octanol–water partition coefficient (Wildman–Crippen LogP) is 0.621. The van der Waals surface area contributed by atoms with Crippen LogP contribution in [0.2, 0.25) is 0 Å². The molecule has 0 amide bonds. The third-order valence-electron chi connectivity index (χ3n) is 1.79. The van der Waals surface area contributed by atoms with Crippen molar-refractivity contribution in [3.05, 3.63) is 29.3 Å². The zero-order chi connectivity index (χ0) is 12.3. The van der Waals surface area contributed by atoms with Gasteiger partial charge in [0.05, 0.1) is 5.56 Å². The molecule has 0 unspecified atom stereocenters. The van der Waals surface area contributed by atoms with E-state index in [1.807, 2.05) is 0 Å². The molecule has 0 aromatic heterocycles. The van der Waals surface area contributed by atoms with Crippen LogP contribution in [0, 0.1) is 0 Å². The van der Waals surface area contributed by atoms with E-state index < -0.39 is 26.5 Å². The minimum atomic E-state index is -4.64. The SMILES string of the molecule is O=C(O)c1ccc(COO)cc1S(=O)(=O)O. The number of carboxylic acids is 1. The van der Waals surface area contributed by atoms with Gasteiger partial charge in [0.1, 0.15) is 11.5 Å². The van der Waals surface area contributed by atoms with Crippen molar-refractivity contribution in [3.8, 4) is 0 Å². The summed E-state index contributed by atoms with van der Waals surface area (Å²) in [5.74, 6) is -1.48. The van der Waals surface area contributed by atoms with Gasteiger partial charge in [0.25, 0.3) is 10.1 Å². The summed E-state index contributed by atoms with van der Waals surface area (Å²) in [7, 11) is -4.64. The number of carboxylic acid groups (broad SMARTS) is 1. The van der Waals surface area contributed by atoms with E-state index in [1.54, 1.807) is 0 Å². The maximum Gasteiger partial charge on any atom is 0.337 e. The fourth-order valence-corrected chi connectivity index (χ4v) is 1.85. The number of aromatic carboxylic acids is 1. The molecule has 1 aromatic carbocycles. The van der Waals surface area contributed by atoms with Crippen LogP contribution in [0.4, 0.5) is 0 Å². The van der Waals surface area contributed by atoms with Crippen LogP contribution >= 0.6 is 0 Å². The molecular formula is C8H8O7S. The number of carbonyl (C=O) groups is 1. The maximum absolute atomic E-state index is 10.9. The summed E-state index contributed by atoms with van der Waals surface area (Å²) >= 11 is 0. The molecule has 8 heteroatoms. The predicted molar refractivity (Wildman–Crippen MR) is 50.6 cm³/mol. The number of hydrogen-bond donors (Lipinski definition) is 3. The van der Waals surface area contributed by atoms with Gasteiger partial charge < -0.3 is 5.11 Å². The lowest BCUT2D eigenvalue weighted by atomic mass is 10.1. The van der Waals surface area contributed by atoms with Crippen LogP contribution in [0.3, 0.4) is 0 Å². The Kier molecular flexibility index (Phi) is 3.60. The molecule has 0 atom stereocenters. The molecule has 0 saturated carbocycles. The Morgan fingerprint density at radius 2 is 2.00 bits per heavy atom. The normalized spacial score (nSPS) is 11.4. The Bertz CT molecular complexity index is 505. The monoisotopic (exact) mass is 248 g/mol. The fraction of sp³-hybridized carbons (Fsp3) is 0.125. The zero-order valence-electron chi connectivity index (χ0n) is 7.82. The van der Waals surface area contributed by atoms with Crippen molar-refractivity contribution in [1.29, 1.82) is 0 Å². The molecule has 1 rings (SSSR count). The highest BCUT2D eigenvalue weighted by Gasteiger charge is 2.20. The average molecular weight is 248 g/mol. The summed E-state index contributed by atoms with van der Waals surface area (Å²) in [6.07, 6.45) is 0. The summed E-state index contributed by atoms with van der Waals surface area (Å²) in [6, 6.07) is 3.17. The van der Waals surface area contributed by atoms with Gasteiger partial charge in [0.15, 0.2) is 0 Å². The summed E-state index contributed by atoms with van der Waals surface area (Å²) in [6.45, 7) is -0.317. The molecule has 0 spiro atoms. The first kappa shape index (κ1) is 12.6. The van der Waals surface area contributed by atoms with Crippen molar-refractivity contribution in [2.24, 2.45) is 0 Å². The quantitative estimate of drug-likeness (QED) is 0.405. The van der Waals surface area contributed by atoms with Crippen LogP contribution in [0.1, 0.15) is 15.9 Å². The van der Waals surface area contributed by atoms with E-state index in [0.717, 1.165) is 12.1 Å². The topological polar surface area (TPSA) is 121 Å². The highest BCUT2D eigenvalue weighted by molar-refractivity contribution is 7.86. The minimum absolute atomic E-state index is 0.208. The van der Waals surface area contributed by atoms with E-state index in [9.17, 15) is 13.2 Å². The second-order valence-electron chi connectivity index (χ2n) is 2.88. The molecule has 0 aliphatic rings. The maximum atomic E-state index is 10.9. The molecule has 1 aromatic rings. The van der Waals surface area contributed by atoms with E-state index >= 15 is 0 Å². The van der Waals surface area contributed by atoms with Gasteiger partial charge >= 0.3 is 5.97 Å². The molecule has 0 heterocycles. The van der Waals surface area contributed by atoms with Gasteiger partial charge in [-0.3, -0.25) is 9.81 Å². The smallest absolute Gasteiger partial charge is 0.337 e. The molecule has 3 N–H and O–H groups in total. The molecule has 0 aliphatic carbocycles. The highest BCUT2D eigenvalue weighted by atomic mass is 32.2. The van der Waals surface area contributed by atoms with Crippen molar-refractivity contribution in [3.63, 3.8) is 0 Å². The molecule has 0 bridgehead atoms. The van der Waals surface area contributed by atoms with Crippen molar-refractivity contribution in [2.45, 2.75) is 11.5 Å². The van der Waals surface area contributed by atoms with Gasteiger partial charge in [0.2, 0.25) is 0 Å². The van der Waals surface area contributed by atoms with E-state index in [-0.39, 0.29) is 12.2 Å². The molecule has 0 saturated heterocycles. The lowest BCUT2D eigenvalue weighted by Crippen LogP contribution is -2.09. The van der Waals surface area contributed by atoms with Crippen LogP contribution in [-0.2, 0) is 21.6 Å². The third kappa shape index (κ3) is 2.76. The second-order valence-corrected chi connectivity index (χ2v) is 4.27. The van der Waals surface area contributed by atoms with E-state index in [2.05, 4.69) is 4.89 Å². The van der Waals surface area contributed by atoms with E-state index in [0.29, 0.717) is 0 Å². The van der Waals surface area contributed by atoms with Crippen molar-refractivity contribution in [1.82, 2.24) is 0 Å². The first-order valence-electron chi connectivity index (χ1n) is 3.96. The van der Waals surface area contributed by atoms with Crippen LogP contribution < -0.4 is 0 Å². The van der Waals surface area contributed by atoms with Crippen LogP contribution in [0.25, 0.3) is 0 Å². The second kappa shape index (κ2) is 4.58. The van der Waals surface area contributed by atoms with Crippen molar-refractivity contribution < 1.29 is 33.0 Å². The summed E-state index contributed by atoms with van der Waals surface area (Å²) in [4.78, 5) is 13.7. The summed E-state index contributed by atoms with van der Waals surface area (Å²) < 4.78 is 30.6. The molecule has 88 valence electrons. The lowest BCUT2D eigenvalue weighted by molar-refractivity contribution is -0.253.